The number of ether oxygens (including phenoxy) is 1. The van der Waals surface area contributed by atoms with Crippen LogP contribution in [0.5, 0.6) is 5.75 Å². The Labute approximate surface area is 72.1 Å². The van der Waals surface area contributed by atoms with Gasteiger partial charge in [-0.3, -0.25) is 0 Å². The third-order valence-electron chi connectivity index (χ3n) is 1.62. The Morgan fingerprint density at radius 1 is 1.42 bits per heavy atom. The van der Waals surface area contributed by atoms with E-state index in [1.165, 1.54) is 0 Å². The molecule has 0 aromatic heterocycles. The Morgan fingerprint density at radius 2 is 2.08 bits per heavy atom. The molecule has 0 atom stereocenters. The smallest absolute Gasteiger partial charge is 0.123 e. The molecule has 0 bridgehead atoms. The van der Waals surface area contributed by atoms with Crippen molar-refractivity contribution in [1.82, 2.24) is 0 Å². The van der Waals surface area contributed by atoms with Gasteiger partial charge in [-0.25, -0.2) is 0 Å². The lowest BCUT2D eigenvalue weighted by Gasteiger charge is -2.02. The van der Waals surface area contributed by atoms with Gasteiger partial charge in [-0.2, -0.15) is 0 Å². The highest BCUT2D eigenvalue weighted by Crippen LogP contribution is 2.23. The first-order valence-electron chi connectivity index (χ1n) is 3.73. The first-order valence-corrected chi connectivity index (χ1v) is 3.73. The number of hydrogen-bond acceptors (Lipinski definition) is 2. The SMILES string of the molecule is CO/C=C(/C)c1ccccc1O. The van der Waals surface area contributed by atoms with Gasteiger partial charge in [0.15, 0.2) is 0 Å². The second kappa shape index (κ2) is 3.81. The Bertz CT molecular complexity index is 290. The molecule has 1 aromatic rings. The largest absolute Gasteiger partial charge is 0.507 e. The van der Waals surface area contributed by atoms with Crippen LogP contribution in [-0.2, 0) is 4.74 Å². The lowest BCUT2D eigenvalue weighted by molar-refractivity contribution is 0.339. The summed E-state index contributed by atoms with van der Waals surface area (Å²) < 4.78 is 4.84. The predicted octanol–water partition coefficient (Wildman–Crippen LogP) is 2.40. The third-order valence-corrected chi connectivity index (χ3v) is 1.62. The van der Waals surface area contributed by atoms with Crippen LogP contribution in [0.3, 0.4) is 0 Å². The zero-order valence-corrected chi connectivity index (χ0v) is 7.24. The fraction of sp³-hybridized carbons (Fsp3) is 0.200. The van der Waals surface area contributed by atoms with Crippen LogP contribution in [0.15, 0.2) is 30.5 Å². The summed E-state index contributed by atoms with van der Waals surface area (Å²) in [5.74, 6) is 0.281. The van der Waals surface area contributed by atoms with Gasteiger partial charge < -0.3 is 9.84 Å². The maximum Gasteiger partial charge on any atom is 0.123 e. The fourth-order valence-electron chi connectivity index (χ4n) is 1.05. The van der Waals surface area contributed by atoms with Crippen LogP contribution < -0.4 is 0 Å². The maximum atomic E-state index is 9.41. The Kier molecular flexibility index (Phi) is 2.75. The number of para-hydroxylation sites is 1. The minimum absolute atomic E-state index is 0.281. The van der Waals surface area contributed by atoms with Crippen LogP contribution in [-0.4, -0.2) is 12.2 Å². The molecule has 0 unspecified atom stereocenters. The van der Waals surface area contributed by atoms with Gasteiger partial charge in [0, 0.05) is 5.56 Å². The molecule has 12 heavy (non-hydrogen) atoms. The standard InChI is InChI=1S/C10H12O2/c1-8(7-12-2)9-5-3-4-6-10(9)11/h3-7,11H,1-2H3/b8-7-. The molecule has 0 aliphatic rings. The van der Waals surface area contributed by atoms with E-state index in [2.05, 4.69) is 0 Å². The van der Waals surface area contributed by atoms with Crippen molar-refractivity contribution < 1.29 is 9.84 Å². The van der Waals surface area contributed by atoms with Gasteiger partial charge >= 0.3 is 0 Å². The Morgan fingerprint density at radius 3 is 2.67 bits per heavy atom. The molecule has 0 fully saturated rings. The molecule has 0 aliphatic carbocycles. The molecule has 1 aromatic carbocycles. The van der Waals surface area contributed by atoms with E-state index in [-0.39, 0.29) is 5.75 Å². The van der Waals surface area contributed by atoms with Crippen molar-refractivity contribution in [2.45, 2.75) is 6.92 Å². The molecule has 0 amide bonds. The van der Waals surface area contributed by atoms with Gasteiger partial charge in [0.25, 0.3) is 0 Å². The Balaban J connectivity index is 3.02. The van der Waals surface area contributed by atoms with Crippen LogP contribution in [0, 0.1) is 0 Å². The van der Waals surface area contributed by atoms with Crippen molar-refractivity contribution in [1.29, 1.82) is 0 Å². The normalized spacial score (nSPS) is 11.3. The maximum absolute atomic E-state index is 9.41. The monoisotopic (exact) mass is 164 g/mol. The summed E-state index contributed by atoms with van der Waals surface area (Å²) in [5.41, 5.74) is 1.72. The van der Waals surface area contributed by atoms with Crippen molar-refractivity contribution in [3.8, 4) is 5.75 Å². The summed E-state index contributed by atoms with van der Waals surface area (Å²) in [7, 11) is 1.59. The van der Waals surface area contributed by atoms with E-state index in [9.17, 15) is 5.11 Å². The van der Waals surface area contributed by atoms with E-state index in [0.29, 0.717) is 0 Å². The zero-order valence-electron chi connectivity index (χ0n) is 7.24. The average Bonchev–Trinajstić information content (AvgIpc) is 2.05. The van der Waals surface area contributed by atoms with E-state index in [1.807, 2.05) is 19.1 Å². The summed E-state index contributed by atoms with van der Waals surface area (Å²) in [6.07, 6.45) is 1.61. The van der Waals surface area contributed by atoms with E-state index >= 15 is 0 Å². The van der Waals surface area contributed by atoms with Crippen LogP contribution in [0.25, 0.3) is 5.57 Å². The molecule has 2 nitrogen and oxygen atoms in total. The minimum Gasteiger partial charge on any atom is -0.507 e. The van der Waals surface area contributed by atoms with E-state index in [4.69, 9.17) is 4.74 Å². The van der Waals surface area contributed by atoms with Crippen molar-refractivity contribution in [3.05, 3.63) is 36.1 Å². The number of allylic oxidation sites excluding steroid dienone is 1. The fourth-order valence-corrected chi connectivity index (χ4v) is 1.05. The number of hydrogen-bond donors (Lipinski definition) is 1. The lowest BCUT2D eigenvalue weighted by atomic mass is 10.1. The van der Waals surface area contributed by atoms with Crippen LogP contribution in [0.1, 0.15) is 12.5 Å². The third kappa shape index (κ3) is 1.78. The number of rotatable bonds is 2. The molecule has 2 heteroatoms. The molecule has 0 spiro atoms. The summed E-state index contributed by atoms with van der Waals surface area (Å²) in [4.78, 5) is 0. The highest BCUT2D eigenvalue weighted by atomic mass is 16.5. The molecule has 1 rings (SSSR count). The zero-order chi connectivity index (χ0) is 8.97. The molecular weight excluding hydrogens is 152 g/mol. The summed E-state index contributed by atoms with van der Waals surface area (Å²) >= 11 is 0. The topological polar surface area (TPSA) is 29.5 Å². The van der Waals surface area contributed by atoms with Crippen molar-refractivity contribution in [2.24, 2.45) is 0 Å². The summed E-state index contributed by atoms with van der Waals surface area (Å²) in [6.45, 7) is 1.89. The molecule has 0 radical (unpaired) electrons. The predicted molar refractivity (Wildman–Crippen MR) is 48.8 cm³/mol. The van der Waals surface area contributed by atoms with Gasteiger partial charge in [-0.05, 0) is 18.6 Å². The number of phenols is 1. The highest BCUT2D eigenvalue weighted by Gasteiger charge is 2.00. The highest BCUT2D eigenvalue weighted by molar-refractivity contribution is 5.67. The number of phenolic OH excluding ortho intramolecular Hbond substituents is 1. The number of methoxy groups -OCH3 is 1. The molecule has 0 saturated heterocycles. The first-order chi connectivity index (χ1) is 5.75. The van der Waals surface area contributed by atoms with Gasteiger partial charge in [0.1, 0.15) is 5.75 Å². The number of aromatic hydroxyl groups is 1. The summed E-state index contributed by atoms with van der Waals surface area (Å²) in [5, 5.41) is 9.41. The minimum atomic E-state index is 0.281. The average molecular weight is 164 g/mol. The molecule has 1 N–H and O–H groups in total. The van der Waals surface area contributed by atoms with Crippen molar-refractivity contribution in [3.63, 3.8) is 0 Å². The van der Waals surface area contributed by atoms with Crippen LogP contribution >= 0.6 is 0 Å². The molecule has 0 saturated carbocycles. The second-order valence-corrected chi connectivity index (χ2v) is 2.55. The van der Waals surface area contributed by atoms with Gasteiger partial charge in [-0.15, -0.1) is 0 Å². The van der Waals surface area contributed by atoms with Gasteiger partial charge in [0.05, 0.1) is 13.4 Å². The van der Waals surface area contributed by atoms with E-state index in [0.717, 1.165) is 11.1 Å². The molecule has 0 heterocycles. The second-order valence-electron chi connectivity index (χ2n) is 2.55. The van der Waals surface area contributed by atoms with Crippen molar-refractivity contribution in [2.75, 3.05) is 7.11 Å². The van der Waals surface area contributed by atoms with E-state index in [1.54, 1.807) is 25.5 Å². The quantitative estimate of drug-likeness (QED) is 0.680. The number of benzene rings is 1. The van der Waals surface area contributed by atoms with E-state index < -0.39 is 0 Å². The van der Waals surface area contributed by atoms with Gasteiger partial charge in [-0.1, -0.05) is 18.2 Å². The molecular formula is C10H12O2. The Hall–Kier alpha value is -1.44. The summed E-state index contributed by atoms with van der Waals surface area (Å²) in [6, 6.07) is 7.17. The van der Waals surface area contributed by atoms with Crippen LogP contribution in [0.2, 0.25) is 0 Å². The van der Waals surface area contributed by atoms with Crippen LogP contribution in [0.4, 0.5) is 0 Å². The molecule has 0 aliphatic heterocycles. The molecule has 64 valence electrons. The van der Waals surface area contributed by atoms with Gasteiger partial charge in [0.2, 0.25) is 0 Å². The van der Waals surface area contributed by atoms with Crippen molar-refractivity contribution >= 4 is 5.57 Å². The lowest BCUT2D eigenvalue weighted by Crippen LogP contribution is -1.81. The first kappa shape index (κ1) is 8.65.